The first kappa shape index (κ1) is 15.9. The highest BCUT2D eigenvalue weighted by Crippen LogP contribution is 2.30. The second-order valence-electron chi connectivity index (χ2n) is 5.04. The molecule has 0 atom stereocenters. The van der Waals surface area contributed by atoms with Crippen molar-refractivity contribution in [3.63, 3.8) is 0 Å². The van der Waals surface area contributed by atoms with E-state index in [-0.39, 0.29) is 10.8 Å². The first-order chi connectivity index (χ1) is 9.79. The molecule has 0 aliphatic heterocycles. The van der Waals surface area contributed by atoms with Gasteiger partial charge in [0, 0.05) is 30.1 Å². The van der Waals surface area contributed by atoms with E-state index in [4.69, 9.17) is 15.4 Å². The molecule has 0 fully saturated rings. The molecule has 0 aliphatic carbocycles. The van der Waals surface area contributed by atoms with Crippen LogP contribution >= 0.6 is 10.7 Å². The van der Waals surface area contributed by atoms with E-state index in [0.717, 1.165) is 11.4 Å². The Labute approximate surface area is 128 Å². The average molecular weight is 329 g/mol. The van der Waals surface area contributed by atoms with E-state index < -0.39 is 9.05 Å². The summed E-state index contributed by atoms with van der Waals surface area (Å²) >= 11 is 0. The van der Waals surface area contributed by atoms with Crippen LogP contribution in [0.25, 0.3) is 0 Å². The monoisotopic (exact) mass is 328 g/mol. The van der Waals surface area contributed by atoms with E-state index in [1.54, 1.807) is 18.3 Å². The lowest BCUT2D eigenvalue weighted by atomic mass is 10.0. The lowest BCUT2D eigenvalue weighted by molar-refractivity contribution is 0.287. The Morgan fingerprint density at radius 1 is 1.38 bits per heavy atom. The highest BCUT2D eigenvalue weighted by Gasteiger charge is 2.16. The summed E-state index contributed by atoms with van der Waals surface area (Å²) < 4.78 is 30.5. The number of halogens is 1. The van der Waals surface area contributed by atoms with Crippen molar-refractivity contribution in [2.75, 3.05) is 0 Å². The Morgan fingerprint density at radius 2 is 2.10 bits per heavy atom. The van der Waals surface area contributed by atoms with E-state index in [2.05, 4.69) is 4.98 Å². The molecule has 0 saturated heterocycles. The maximum atomic E-state index is 11.4. The Hall–Kier alpha value is -1.53. The fraction of sp³-hybridized carbons (Fsp3) is 0.357. The molecule has 0 bridgehead atoms. The first-order valence-electron chi connectivity index (χ1n) is 6.46. The van der Waals surface area contributed by atoms with Crippen LogP contribution < -0.4 is 4.74 Å². The number of hydrogen-bond donors (Lipinski definition) is 0. The Morgan fingerprint density at radius 3 is 2.62 bits per heavy atom. The standard InChI is InChI=1S/C14H17ClN2O3S/c1-10(2)12-8-11(21(15,18)19)4-5-13(12)20-9-14-16-6-7-17(14)3/h4-8,10H,9H2,1-3H3. The van der Waals surface area contributed by atoms with Gasteiger partial charge in [-0.2, -0.15) is 0 Å². The summed E-state index contributed by atoms with van der Waals surface area (Å²) in [7, 11) is 3.53. The molecule has 0 N–H and O–H groups in total. The van der Waals surface area contributed by atoms with Crippen molar-refractivity contribution in [2.24, 2.45) is 7.05 Å². The lowest BCUT2D eigenvalue weighted by Gasteiger charge is -2.15. The quantitative estimate of drug-likeness (QED) is 0.791. The van der Waals surface area contributed by atoms with Crippen LogP contribution in [-0.2, 0) is 22.7 Å². The third-order valence-electron chi connectivity index (χ3n) is 3.16. The van der Waals surface area contributed by atoms with Crippen molar-refractivity contribution in [1.29, 1.82) is 0 Å². The predicted molar refractivity (Wildman–Crippen MR) is 81.1 cm³/mol. The Kier molecular flexibility index (Phi) is 4.58. The van der Waals surface area contributed by atoms with E-state index in [1.807, 2.05) is 31.7 Å². The minimum atomic E-state index is -3.74. The van der Waals surface area contributed by atoms with Gasteiger partial charge in [0.25, 0.3) is 9.05 Å². The summed E-state index contributed by atoms with van der Waals surface area (Å²) in [6, 6.07) is 4.64. The van der Waals surface area contributed by atoms with Crippen molar-refractivity contribution >= 4 is 19.7 Å². The first-order valence-corrected chi connectivity index (χ1v) is 8.77. The van der Waals surface area contributed by atoms with Gasteiger partial charge < -0.3 is 9.30 Å². The summed E-state index contributed by atoms with van der Waals surface area (Å²) in [5.74, 6) is 1.54. The van der Waals surface area contributed by atoms with Crippen molar-refractivity contribution in [2.45, 2.75) is 31.3 Å². The third kappa shape index (κ3) is 3.77. The number of aryl methyl sites for hydroxylation is 1. The highest BCUT2D eigenvalue weighted by atomic mass is 35.7. The van der Waals surface area contributed by atoms with Crippen LogP contribution in [0, 0.1) is 0 Å². The molecule has 7 heteroatoms. The molecule has 2 rings (SSSR count). The lowest BCUT2D eigenvalue weighted by Crippen LogP contribution is -2.05. The molecule has 0 aliphatic rings. The van der Waals surface area contributed by atoms with Gasteiger partial charge in [0.15, 0.2) is 0 Å². The minimum Gasteiger partial charge on any atom is -0.485 e. The molecule has 21 heavy (non-hydrogen) atoms. The molecule has 0 radical (unpaired) electrons. The third-order valence-corrected chi connectivity index (χ3v) is 4.51. The zero-order chi connectivity index (χ0) is 15.6. The van der Waals surface area contributed by atoms with Crippen LogP contribution in [0.5, 0.6) is 5.75 Å². The number of hydrogen-bond acceptors (Lipinski definition) is 4. The largest absolute Gasteiger partial charge is 0.485 e. The molecular formula is C14H17ClN2O3S. The Balaban J connectivity index is 2.29. The molecule has 0 spiro atoms. The van der Waals surface area contributed by atoms with Crippen LogP contribution in [-0.4, -0.2) is 18.0 Å². The van der Waals surface area contributed by atoms with Gasteiger partial charge in [0.05, 0.1) is 4.90 Å². The summed E-state index contributed by atoms with van der Waals surface area (Å²) in [5, 5.41) is 0. The van der Waals surface area contributed by atoms with Gasteiger partial charge in [0.1, 0.15) is 18.2 Å². The number of imidazole rings is 1. The second-order valence-corrected chi connectivity index (χ2v) is 7.60. The smallest absolute Gasteiger partial charge is 0.261 e. The summed E-state index contributed by atoms with van der Waals surface area (Å²) in [6.07, 6.45) is 3.54. The van der Waals surface area contributed by atoms with Crippen LogP contribution in [0.1, 0.15) is 31.2 Å². The van der Waals surface area contributed by atoms with E-state index >= 15 is 0 Å². The summed E-state index contributed by atoms with van der Waals surface area (Å²) in [6.45, 7) is 4.25. The zero-order valence-electron chi connectivity index (χ0n) is 12.1. The van der Waals surface area contributed by atoms with E-state index in [9.17, 15) is 8.42 Å². The van der Waals surface area contributed by atoms with Gasteiger partial charge >= 0.3 is 0 Å². The number of aromatic nitrogens is 2. The van der Waals surface area contributed by atoms with Gasteiger partial charge in [-0.15, -0.1) is 0 Å². The number of benzene rings is 1. The number of ether oxygens (including phenoxy) is 1. The number of nitrogens with zero attached hydrogens (tertiary/aromatic N) is 2. The van der Waals surface area contributed by atoms with Crippen LogP contribution in [0.2, 0.25) is 0 Å². The maximum absolute atomic E-state index is 11.4. The maximum Gasteiger partial charge on any atom is 0.261 e. The van der Waals surface area contributed by atoms with Crippen LogP contribution in [0.3, 0.4) is 0 Å². The fourth-order valence-electron chi connectivity index (χ4n) is 1.94. The summed E-state index contributed by atoms with van der Waals surface area (Å²) in [5.41, 5.74) is 0.797. The van der Waals surface area contributed by atoms with Gasteiger partial charge in [-0.25, -0.2) is 13.4 Å². The second kappa shape index (κ2) is 6.07. The molecule has 0 saturated carbocycles. The molecule has 2 aromatic rings. The van der Waals surface area contributed by atoms with Crippen molar-refractivity contribution in [3.8, 4) is 5.75 Å². The highest BCUT2D eigenvalue weighted by molar-refractivity contribution is 8.13. The number of rotatable bonds is 5. The van der Waals surface area contributed by atoms with Gasteiger partial charge in [-0.05, 0) is 29.7 Å². The molecule has 1 heterocycles. The molecule has 1 aromatic carbocycles. The minimum absolute atomic E-state index is 0.0807. The topological polar surface area (TPSA) is 61.2 Å². The van der Waals surface area contributed by atoms with Gasteiger partial charge in [0.2, 0.25) is 0 Å². The molecular weight excluding hydrogens is 312 g/mol. The van der Waals surface area contributed by atoms with Crippen molar-refractivity contribution in [3.05, 3.63) is 42.0 Å². The zero-order valence-corrected chi connectivity index (χ0v) is 13.6. The van der Waals surface area contributed by atoms with Crippen molar-refractivity contribution in [1.82, 2.24) is 9.55 Å². The van der Waals surface area contributed by atoms with E-state index in [0.29, 0.717) is 12.4 Å². The molecule has 5 nitrogen and oxygen atoms in total. The fourth-order valence-corrected chi connectivity index (χ4v) is 2.72. The van der Waals surface area contributed by atoms with E-state index in [1.165, 1.54) is 6.07 Å². The molecule has 0 amide bonds. The molecule has 1 aromatic heterocycles. The average Bonchev–Trinajstić information content (AvgIpc) is 2.80. The predicted octanol–water partition coefficient (Wildman–Crippen LogP) is 3.05. The molecule has 0 unspecified atom stereocenters. The van der Waals surface area contributed by atoms with Crippen LogP contribution in [0.4, 0.5) is 0 Å². The summed E-state index contributed by atoms with van der Waals surface area (Å²) in [4.78, 5) is 4.26. The van der Waals surface area contributed by atoms with Crippen LogP contribution in [0.15, 0.2) is 35.5 Å². The van der Waals surface area contributed by atoms with Gasteiger partial charge in [-0.3, -0.25) is 0 Å². The Bertz CT molecular complexity index is 738. The normalized spacial score (nSPS) is 11.9. The molecule has 114 valence electrons. The van der Waals surface area contributed by atoms with Gasteiger partial charge in [-0.1, -0.05) is 13.8 Å². The van der Waals surface area contributed by atoms with Crippen molar-refractivity contribution < 1.29 is 13.2 Å². The SMILES string of the molecule is CC(C)c1cc(S(=O)(=O)Cl)ccc1OCc1nccn1C.